The van der Waals surface area contributed by atoms with Crippen molar-refractivity contribution in [2.24, 2.45) is 0 Å². The Kier molecular flexibility index (Phi) is 7.29. The predicted molar refractivity (Wildman–Crippen MR) is 212 cm³/mol. The van der Waals surface area contributed by atoms with Crippen LogP contribution < -0.4 is 4.90 Å². The number of rotatable bonds is 6. The monoisotopic (exact) mass is 641 g/mol. The maximum absolute atomic E-state index is 6.23. The van der Waals surface area contributed by atoms with Crippen LogP contribution in [0.3, 0.4) is 0 Å². The minimum Gasteiger partial charge on any atom is -0.456 e. The van der Waals surface area contributed by atoms with E-state index in [0.717, 1.165) is 50.1 Å². The fourth-order valence-electron chi connectivity index (χ4n) is 7.10. The highest BCUT2D eigenvalue weighted by Gasteiger charge is 2.18. The van der Waals surface area contributed by atoms with Crippen molar-refractivity contribution in [2.75, 3.05) is 4.90 Å². The van der Waals surface area contributed by atoms with Gasteiger partial charge in [0.15, 0.2) is 0 Å². The molecule has 1 aromatic heterocycles. The number of hydrogen-bond donors (Lipinski definition) is 0. The SMILES string of the molecule is Cc1ccc(N(c2ccc(C)cc2)c2ccc(-c3ccc(-c4ccc5ccccc5c4)cc3)c(-c3ccc4oc5ccccc5c4c3)c2)cc1. The molecule has 9 aromatic rings. The number of para-hydroxylation sites is 1. The number of fused-ring (bicyclic) bond motifs is 4. The van der Waals surface area contributed by atoms with E-state index in [0.29, 0.717) is 0 Å². The van der Waals surface area contributed by atoms with Crippen molar-refractivity contribution < 1.29 is 4.42 Å². The topological polar surface area (TPSA) is 16.4 Å². The molecule has 0 saturated carbocycles. The normalized spacial score (nSPS) is 11.4. The van der Waals surface area contributed by atoms with Gasteiger partial charge < -0.3 is 9.32 Å². The second-order valence-corrected chi connectivity index (χ2v) is 13.2. The third kappa shape index (κ3) is 5.41. The highest BCUT2D eigenvalue weighted by molar-refractivity contribution is 6.07. The molecule has 0 saturated heterocycles. The molecule has 0 aliphatic heterocycles. The quantitative estimate of drug-likeness (QED) is 0.180. The van der Waals surface area contributed by atoms with Gasteiger partial charge in [0.2, 0.25) is 0 Å². The van der Waals surface area contributed by atoms with E-state index in [4.69, 9.17) is 4.42 Å². The molecule has 0 amide bonds. The van der Waals surface area contributed by atoms with Gasteiger partial charge in [-0.05, 0) is 119 Å². The van der Waals surface area contributed by atoms with E-state index in [1.165, 1.54) is 44.2 Å². The molecule has 238 valence electrons. The summed E-state index contributed by atoms with van der Waals surface area (Å²) >= 11 is 0. The number of aryl methyl sites for hydroxylation is 2. The lowest BCUT2D eigenvalue weighted by atomic mass is 9.91. The minimum absolute atomic E-state index is 0.897. The van der Waals surface area contributed by atoms with Gasteiger partial charge in [-0.1, -0.05) is 126 Å². The molecular weight excluding hydrogens is 607 g/mol. The van der Waals surface area contributed by atoms with E-state index in [9.17, 15) is 0 Å². The second-order valence-electron chi connectivity index (χ2n) is 13.2. The van der Waals surface area contributed by atoms with Crippen molar-refractivity contribution in [2.45, 2.75) is 13.8 Å². The highest BCUT2D eigenvalue weighted by atomic mass is 16.3. The Balaban J connectivity index is 1.21. The summed E-state index contributed by atoms with van der Waals surface area (Å²) in [5, 5.41) is 4.75. The summed E-state index contributed by atoms with van der Waals surface area (Å²) in [5.41, 5.74) is 14.7. The maximum atomic E-state index is 6.23. The Labute approximate surface area is 292 Å². The van der Waals surface area contributed by atoms with Crippen LogP contribution in [0.15, 0.2) is 180 Å². The van der Waals surface area contributed by atoms with Crippen LogP contribution in [0.1, 0.15) is 11.1 Å². The summed E-state index contributed by atoms with van der Waals surface area (Å²) in [6.07, 6.45) is 0. The summed E-state index contributed by atoms with van der Waals surface area (Å²) < 4.78 is 6.23. The third-order valence-corrected chi connectivity index (χ3v) is 9.81. The van der Waals surface area contributed by atoms with Gasteiger partial charge >= 0.3 is 0 Å². The first-order chi connectivity index (χ1) is 24.6. The molecule has 50 heavy (non-hydrogen) atoms. The van der Waals surface area contributed by atoms with Crippen LogP contribution in [-0.2, 0) is 0 Å². The lowest BCUT2D eigenvalue weighted by Crippen LogP contribution is -2.10. The average molecular weight is 642 g/mol. The predicted octanol–water partition coefficient (Wildman–Crippen LogP) is 13.8. The van der Waals surface area contributed by atoms with Crippen molar-refractivity contribution in [3.63, 3.8) is 0 Å². The van der Waals surface area contributed by atoms with Crippen LogP contribution in [0.25, 0.3) is 66.1 Å². The molecule has 0 unspecified atom stereocenters. The first-order valence-electron chi connectivity index (χ1n) is 17.2. The van der Waals surface area contributed by atoms with Crippen LogP contribution in [0.5, 0.6) is 0 Å². The smallest absolute Gasteiger partial charge is 0.135 e. The molecule has 0 radical (unpaired) electrons. The average Bonchev–Trinajstić information content (AvgIpc) is 3.54. The highest BCUT2D eigenvalue weighted by Crippen LogP contribution is 2.42. The Morgan fingerprint density at radius 3 is 1.68 bits per heavy atom. The first kappa shape index (κ1) is 29.7. The van der Waals surface area contributed by atoms with E-state index in [1.807, 2.05) is 12.1 Å². The number of benzene rings is 8. The lowest BCUT2D eigenvalue weighted by molar-refractivity contribution is 0.669. The number of nitrogens with zero attached hydrogens (tertiary/aromatic N) is 1. The van der Waals surface area contributed by atoms with Gasteiger partial charge in [0.05, 0.1) is 0 Å². The minimum atomic E-state index is 0.897. The van der Waals surface area contributed by atoms with Gasteiger partial charge in [0.25, 0.3) is 0 Å². The number of furan rings is 1. The van der Waals surface area contributed by atoms with Crippen molar-refractivity contribution in [1.29, 1.82) is 0 Å². The molecule has 0 spiro atoms. The fourth-order valence-corrected chi connectivity index (χ4v) is 7.10. The van der Waals surface area contributed by atoms with E-state index in [-0.39, 0.29) is 0 Å². The van der Waals surface area contributed by atoms with Crippen molar-refractivity contribution in [3.8, 4) is 33.4 Å². The molecule has 1 heterocycles. The molecule has 2 nitrogen and oxygen atoms in total. The Morgan fingerprint density at radius 2 is 0.940 bits per heavy atom. The lowest BCUT2D eigenvalue weighted by Gasteiger charge is -2.27. The maximum Gasteiger partial charge on any atom is 0.135 e. The van der Waals surface area contributed by atoms with Crippen molar-refractivity contribution >= 4 is 49.8 Å². The van der Waals surface area contributed by atoms with Gasteiger partial charge in [-0.2, -0.15) is 0 Å². The van der Waals surface area contributed by atoms with Gasteiger partial charge in [-0.3, -0.25) is 0 Å². The molecule has 8 aromatic carbocycles. The summed E-state index contributed by atoms with van der Waals surface area (Å²) in [6.45, 7) is 4.27. The standard InChI is InChI=1S/C48H35NO/c1-32-11-22-40(23-12-32)49(41-24-13-33(2)14-25-41)42-26-27-43(36-18-15-35(16-19-36)38-20-17-34-7-3-4-8-37(34)29-38)45(31-42)39-21-28-48-46(30-39)44-9-5-6-10-47(44)50-48/h3-31H,1-2H3. The number of hydrogen-bond acceptors (Lipinski definition) is 2. The fraction of sp³-hybridized carbons (Fsp3) is 0.0417. The van der Waals surface area contributed by atoms with Gasteiger partial charge in [-0.25, -0.2) is 0 Å². The molecule has 0 atom stereocenters. The molecule has 2 heteroatoms. The number of anilines is 3. The Morgan fingerprint density at radius 1 is 0.360 bits per heavy atom. The molecular formula is C48H35NO. The van der Waals surface area contributed by atoms with Crippen molar-refractivity contribution in [3.05, 3.63) is 187 Å². The van der Waals surface area contributed by atoms with E-state index in [2.05, 4.69) is 183 Å². The van der Waals surface area contributed by atoms with E-state index >= 15 is 0 Å². The zero-order valence-corrected chi connectivity index (χ0v) is 28.1. The van der Waals surface area contributed by atoms with Crippen LogP contribution in [0, 0.1) is 13.8 Å². The van der Waals surface area contributed by atoms with Gasteiger partial charge in [0, 0.05) is 27.8 Å². The summed E-state index contributed by atoms with van der Waals surface area (Å²) in [4.78, 5) is 2.35. The zero-order chi connectivity index (χ0) is 33.6. The molecule has 0 aliphatic rings. The third-order valence-electron chi connectivity index (χ3n) is 9.81. The molecule has 0 aliphatic carbocycles. The summed E-state index contributed by atoms with van der Waals surface area (Å²) in [5.74, 6) is 0. The Hall–Kier alpha value is -6.38. The van der Waals surface area contributed by atoms with Gasteiger partial charge in [0.1, 0.15) is 11.2 Å². The molecule has 9 rings (SSSR count). The van der Waals surface area contributed by atoms with Crippen LogP contribution >= 0.6 is 0 Å². The van der Waals surface area contributed by atoms with Crippen LogP contribution in [-0.4, -0.2) is 0 Å². The second kappa shape index (κ2) is 12.3. The van der Waals surface area contributed by atoms with E-state index < -0.39 is 0 Å². The summed E-state index contributed by atoms with van der Waals surface area (Å²) in [7, 11) is 0. The van der Waals surface area contributed by atoms with Gasteiger partial charge in [-0.15, -0.1) is 0 Å². The van der Waals surface area contributed by atoms with Crippen LogP contribution in [0.4, 0.5) is 17.1 Å². The van der Waals surface area contributed by atoms with Crippen LogP contribution in [0.2, 0.25) is 0 Å². The molecule has 0 fully saturated rings. The Bertz CT molecular complexity index is 2600. The largest absolute Gasteiger partial charge is 0.456 e. The molecule has 0 bridgehead atoms. The van der Waals surface area contributed by atoms with Crippen molar-refractivity contribution in [1.82, 2.24) is 0 Å². The first-order valence-corrected chi connectivity index (χ1v) is 17.2. The van der Waals surface area contributed by atoms with E-state index in [1.54, 1.807) is 0 Å². The zero-order valence-electron chi connectivity index (χ0n) is 28.1. The molecule has 0 N–H and O–H groups in total. The summed E-state index contributed by atoms with van der Waals surface area (Å²) in [6, 6.07) is 63.5.